The van der Waals surface area contributed by atoms with Crippen molar-refractivity contribution in [1.82, 2.24) is 14.9 Å². The molecule has 58 heavy (non-hydrogen) atoms. The Kier molecular flexibility index (Phi) is 8.97. The molecule has 0 saturated heterocycles. The second-order valence-corrected chi connectivity index (χ2v) is 14.4. The first kappa shape index (κ1) is 34.6. The van der Waals surface area contributed by atoms with Gasteiger partial charge in [0.05, 0.1) is 33.8 Å². The number of para-hydroxylation sites is 3. The van der Waals surface area contributed by atoms with Gasteiger partial charge in [0.15, 0.2) is 0 Å². The van der Waals surface area contributed by atoms with Crippen LogP contribution in [0.25, 0.3) is 72.5 Å². The van der Waals surface area contributed by atoms with Gasteiger partial charge >= 0.3 is 0 Å². The molecule has 2 aromatic heterocycles. The highest BCUT2D eigenvalue weighted by atomic mass is 15.1. The number of fused-ring (bicyclic) bond motifs is 3. The maximum atomic E-state index is 8.44. The molecule has 0 amide bonds. The fraction of sp³-hybridized carbons (Fsp3) is 0.0192. The lowest BCUT2D eigenvalue weighted by Crippen LogP contribution is -2.43. The fourth-order valence-electron chi connectivity index (χ4n) is 7.87. The summed E-state index contributed by atoms with van der Waals surface area (Å²) in [4.78, 5) is 10.4. The maximum absolute atomic E-state index is 8.44. The van der Waals surface area contributed by atoms with Crippen LogP contribution in [0.2, 0.25) is 0 Å². The van der Waals surface area contributed by atoms with Gasteiger partial charge in [0, 0.05) is 45.1 Å². The van der Waals surface area contributed by atoms with E-state index in [1.165, 1.54) is 17.0 Å². The summed E-state index contributed by atoms with van der Waals surface area (Å²) in [6.07, 6.45) is 1.40. The third-order valence-electron chi connectivity index (χ3n) is 10.7. The van der Waals surface area contributed by atoms with E-state index >= 15 is 0 Å². The van der Waals surface area contributed by atoms with E-state index in [1.807, 2.05) is 54.6 Å². The van der Waals surface area contributed by atoms with Gasteiger partial charge in [-0.3, -0.25) is 0 Å². The number of aliphatic imine (C=N–C) groups is 1. The molecule has 1 unspecified atom stereocenters. The van der Waals surface area contributed by atoms with Crippen LogP contribution in [0.5, 0.6) is 0 Å². The number of amidine groups is 1. The summed E-state index contributed by atoms with van der Waals surface area (Å²) < 4.78 is 2.32. The van der Waals surface area contributed by atoms with Crippen molar-refractivity contribution < 1.29 is 0 Å². The zero-order valence-corrected chi connectivity index (χ0v) is 31.5. The highest BCUT2D eigenvalue weighted by Gasteiger charge is 2.25. The van der Waals surface area contributed by atoms with Crippen LogP contribution in [0.4, 0.5) is 5.69 Å². The summed E-state index contributed by atoms with van der Waals surface area (Å²) in [7, 11) is 0. The van der Waals surface area contributed by atoms with Crippen LogP contribution in [0.3, 0.4) is 0 Å². The lowest BCUT2D eigenvalue weighted by Gasteiger charge is -2.28. The van der Waals surface area contributed by atoms with Crippen molar-refractivity contribution in [2.24, 2.45) is 4.99 Å². The first-order valence-electron chi connectivity index (χ1n) is 19.4. The van der Waals surface area contributed by atoms with Gasteiger partial charge in [0.25, 0.3) is 0 Å². The number of hydrogen-bond donors (Lipinski definition) is 3. The van der Waals surface area contributed by atoms with Crippen molar-refractivity contribution in [1.29, 1.82) is 5.41 Å². The van der Waals surface area contributed by atoms with Crippen LogP contribution in [0, 0.1) is 5.41 Å². The summed E-state index contributed by atoms with van der Waals surface area (Å²) in [6.45, 7) is 0. The molecule has 1 aliphatic rings. The van der Waals surface area contributed by atoms with Gasteiger partial charge in [-0.25, -0.2) is 9.98 Å². The van der Waals surface area contributed by atoms with Crippen molar-refractivity contribution in [3.63, 3.8) is 0 Å². The molecule has 9 aromatic rings. The molecule has 0 radical (unpaired) electrons. The Labute approximate surface area is 337 Å². The van der Waals surface area contributed by atoms with Crippen LogP contribution in [0.15, 0.2) is 205 Å². The monoisotopic (exact) mass is 746 g/mol. The van der Waals surface area contributed by atoms with E-state index in [-0.39, 0.29) is 0 Å². The van der Waals surface area contributed by atoms with Gasteiger partial charge in [0.1, 0.15) is 11.9 Å². The maximum Gasteiger partial charge on any atom is 0.135 e. The van der Waals surface area contributed by atoms with Crippen molar-refractivity contribution >= 4 is 50.9 Å². The van der Waals surface area contributed by atoms with E-state index < -0.39 is 6.04 Å². The summed E-state index contributed by atoms with van der Waals surface area (Å²) in [5.74, 6) is 0.651. The largest absolute Gasteiger partial charge is 0.369 e. The summed E-state index contributed by atoms with van der Waals surface area (Å²) in [5, 5.41) is 18.1. The molecule has 7 aromatic carbocycles. The molecule has 3 heterocycles. The number of anilines is 1. The zero-order valence-electron chi connectivity index (χ0n) is 31.5. The summed E-state index contributed by atoms with van der Waals surface area (Å²) >= 11 is 0. The van der Waals surface area contributed by atoms with E-state index in [1.54, 1.807) is 0 Å². The normalized spacial score (nSPS) is 13.9. The zero-order chi connectivity index (χ0) is 38.8. The molecular formula is C52H38N6. The molecule has 276 valence electrons. The van der Waals surface area contributed by atoms with E-state index in [0.717, 1.165) is 78.6 Å². The Morgan fingerprint density at radius 1 is 0.500 bits per heavy atom. The van der Waals surface area contributed by atoms with Crippen LogP contribution >= 0.6 is 0 Å². The molecule has 0 bridgehead atoms. The Morgan fingerprint density at radius 3 is 1.60 bits per heavy atom. The number of pyridine rings is 1. The van der Waals surface area contributed by atoms with Gasteiger partial charge in [-0.05, 0) is 65.2 Å². The minimum Gasteiger partial charge on any atom is -0.369 e. The molecule has 10 rings (SSSR count). The van der Waals surface area contributed by atoms with Crippen molar-refractivity contribution in [3.05, 3.63) is 211 Å². The molecule has 1 aliphatic heterocycles. The van der Waals surface area contributed by atoms with E-state index in [9.17, 15) is 0 Å². The highest BCUT2D eigenvalue weighted by Crippen LogP contribution is 2.36. The molecule has 6 heteroatoms. The highest BCUT2D eigenvalue weighted by molar-refractivity contribution is 6.15. The van der Waals surface area contributed by atoms with Crippen LogP contribution in [-0.2, 0) is 0 Å². The summed E-state index contributed by atoms with van der Waals surface area (Å²) in [6, 6.07) is 68.8. The smallest absolute Gasteiger partial charge is 0.135 e. The topological polar surface area (TPSA) is 78.1 Å². The van der Waals surface area contributed by atoms with E-state index in [0.29, 0.717) is 5.84 Å². The van der Waals surface area contributed by atoms with Crippen LogP contribution < -0.4 is 10.6 Å². The quantitative estimate of drug-likeness (QED) is 0.136. The van der Waals surface area contributed by atoms with Crippen molar-refractivity contribution in [3.8, 4) is 39.3 Å². The third kappa shape index (κ3) is 6.52. The lowest BCUT2D eigenvalue weighted by molar-refractivity contribution is 0.924. The minimum absolute atomic E-state index is 0.465. The molecule has 0 saturated carbocycles. The molecule has 0 fully saturated rings. The average molecular weight is 747 g/mol. The van der Waals surface area contributed by atoms with Crippen LogP contribution in [0.1, 0.15) is 11.1 Å². The Hall–Kier alpha value is -7.83. The lowest BCUT2D eigenvalue weighted by atomic mass is 9.98. The Bertz CT molecular complexity index is 2870. The number of nitrogens with one attached hydrogen (secondary N) is 3. The summed E-state index contributed by atoms with van der Waals surface area (Å²) in [5.41, 5.74) is 14.0. The fourth-order valence-corrected chi connectivity index (χ4v) is 7.87. The second kappa shape index (κ2) is 15.0. The number of rotatable bonds is 8. The molecule has 0 spiro atoms. The third-order valence-corrected chi connectivity index (χ3v) is 10.7. The Balaban J connectivity index is 1.08. The van der Waals surface area contributed by atoms with E-state index in [2.05, 4.69) is 161 Å². The van der Waals surface area contributed by atoms with Crippen molar-refractivity contribution in [2.45, 2.75) is 6.04 Å². The molecule has 3 N–H and O–H groups in total. The second-order valence-electron chi connectivity index (χ2n) is 14.4. The number of hydrogen-bond acceptors (Lipinski definition) is 5. The van der Waals surface area contributed by atoms with Gasteiger partial charge in [-0.1, -0.05) is 152 Å². The first-order chi connectivity index (χ1) is 28.7. The van der Waals surface area contributed by atoms with Crippen LogP contribution in [-0.4, -0.2) is 27.6 Å². The van der Waals surface area contributed by atoms with Gasteiger partial charge in [-0.15, -0.1) is 0 Å². The SMILES string of the molecule is N=CC1NC(c2ccc(-c3cc(-c4ccccc4)cc(-c4ccccc4)n3)cc2)=C(c2ccc(-n3c4ccccc4c4ccccc43)cc2)N=C1Nc1ccccc1. The van der Waals surface area contributed by atoms with Gasteiger partial charge in [0.2, 0.25) is 0 Å². The number of benzene rings is 7. The standard InChI is InChI=1S/C52H38N6/c53-34-47-52(54-41-18-8-3-9-19-41)57-51(39-28-30-42(31-29-39)58-48-22-12-10-20-43(48)44-21-11-13-23-49(44)58)50(56-47)38-26-24-37(25-27-38)46-33-40(35-14-4-1-5-15-35)32-45(55-46)36-16-6-2-7-17-36/h1-34,47,53,56H,(H,54,57). The molecule has 1 atom stereocenters. The Morgan fingerprint density at radius 2 is 1.00 bits per heavy atom. The number of nitrogens with zero attached hydrogens (tertiary/aromatic N) is 3. The van der Waals surface area contributed by atoms with Gasteiger partial charge in [-0.2, -0.15) is 0 Å². The van der Waals surface area contributed by atoms with Gasteiger partial charge < -0.3 is 20.6 Å². The first-order valence-corrected chi connectivity index (χ1v) is 19.4. The minimum atomic E-state index is -0.465. The predicted octanol–water partition coefficient (Wildman–Crippen LogP) is 12.1. The number of aromatic nitrogens is 2. The predicted molar refractivity (Wildman–Crippen MR) is 241 cm³/mol. The molecule has 6 nitrogen and oxygen atoms in total. The van der Waals surface area contributed by atoms with E-state index in [4.69, 9.17) is 15.4 Å². The molecular weight excluding hydrogens is 709 g/mol. The molecule has 0 aliphatic carbocycles. The van der Waals surface area contributed by atoms with Crippen molar-refractivity contribution in [2.75, 3.05) is 5.32 Å². The average Bonchev–Trinajstić information content (AvgIpc) is 3.64.